The molecule has 0 saturated carbocycles. The van der Waals surface area contributed by atoms with Gasteiger partial charge in [0.1, 0.15) is 5.82 Å². The van der Waals surface area contributed by atoms with Crippen LogP contribution in [0.4, 0.5) is 0 Å². The van der Waals surface area contributed by atoms with Gasteiger partial charge in [0.25, 0.3) is 0 Å². The highest BCUT2D eigenvalue weighted by molar-refractivity contribution is 7.98. The fourth-order valence-corrected chi connectivity index (χ4v) is 3.17. The zero-order valence-corrected chi connectivity index (χ0v) is 12.5. The van der Waals surface area contributed by atoms with Crippen molar-refractivity contribution in [2.75, 3.05) is 13.1 Å². The Labute approximate surface area is 121 Å². The maximum Gasteiger partial charge on any atom is 0.223 e. The summed E-state index contributed by atoms with van der Waals surface area (Å²) >= 11 is 1.58. The quantitative estimate of drug-likeness (QED) is 0.850. The van der Waals surface area contributed by atoms with Crippen molar-refractivity contribution in [3.8, 4) is 0 Å². The summed E-state index contributed by atoms with van der Waals surface area (Å²) in [7, 11) is 2.02. The Bertz CT molecular complexity index is 574. The minimum Gasteiger partial charge on any atom is -0.340 e. The summed E-state index contributed by atoms with van der Waals surface area (Å²) in [5, 5.41) is 16.8. The molecular formula is C12H18N6OS. The molecule has 1 N–H and O–H groups in total. The zero-order chi connectivity index (χ0) is 13.9. The number of thioether (sulfide) groups is 1. The lowest BCUT2D eigenvalue weighted by atomic mass is 9.99. The van der Waals surface area contributed by atoms with E-state index in [2.05, 4.69) is 30.2 Å². The standard InChI is InChI=1S/C12H18N6OS/c1-8-14-10(17-19-8)7-20-12-16-15-11(18(12)2)9-4-3-5-13-6-9/h9,13H,3-7H2,1-2H3/t9-/m0/s1. The third kappa shape index (κ3) is 2.85. The summed E-state index contributed by atoms with van der Waals surface area (Å²) in [6, 6.07) is 0. The molecule has 0 amide bonds. The van der Waals surface area contributed by atoms with Crippen molar-refractivity contribution in [3.05, 3.63) is 17.5 Å². The highest BCUT2D eigenvalue weighted by atomic mass is 32.2. The fourth-order valence-electron chi connectivity index (χ4n) is 2.41. The van der Waals surface area contributed by atoms with E-state index in [1.807, 2.05) is 7.05 Å². The summed E-state index contributed by atoms with van der Waals surface area (Å²) in [6.07, 6.45) is 2.37. The molecule has 0 aromatic carbocycles. The number of aryl methyl sites for hydroxylation is 1. The summed E-state index contributed by atoms with van der Waals surface area (Å²) in [6.45, 7) is 3.88. The van der Waals surface area contributed by atoms with Crippen LogP contribution in [0.1, 0.15) is 36.3 Å². The molecule has 20 heavy (non-hydrogen) atoms. The molecule has 1 aliphatic rings. The molecule has 0 aliphatic carbocycles. The molecule has 0 unspecified atom stereocenters. The summed E-state index contributed by atoms with van der Waals surface area (Å²) in [5.74, 6) is 3.45. The van der Waals surface area contributed by atoms with Gasteiger partial charge < -0.3 is 14.4 Å². The molecule has 2 aromatic heterocycles. The van der Waals surface area contributed by atoms with Gasteiger partial charge in [-0.05, 0) is 19.4 Å². The topological polar surface area (TPSA) is 81.7 Å². The number of nitrogens with zero attached hydrogens (tertiary/aromatic N) is 5. The molecule has 108 valence electrons. The minimum absolute atomic E-state index is 0.461. The highest BCUT2D eigenvalue weighted by Crippen LogP contribution is 2.26. The van der Waals surface area contributed by atoms with E-state index < -0.39 is 0 Å². The van der Waals surface area contributed by atoms with E-state index >= 15 is 0 Å². The van der Waals surface area contributed by atoms with E-state index in [-0.39, 0.29) is 0 Å². The molecule has 1 saturated heterocycles. The van der Waals surface area contributed by atoms with Gasteiger partial charge in [-0.15, -0.1) is 10.2 Å². The van der Waals surface area contributed by atoms with Crippen LogP contribution >= 0.6 is 11.8 Å². The smallest absolute Gasteiger partial charge is 0.223 e. The van der Waals surface area contributed by atoms with Gasteiger partial charge in [0.05, 0.1) is 5.75 Å². The van der Waals surface area contributed by atoms with Crippen LogP contribution in [-0.2, 0) is 12.8 Å². The molecular weight excluding hydrogens is 276 g/mol. The number of hydrogen-bond acceptors (Lipinski definition) is 7. The van der Waals surface area contributed by atoms with E-state index in [4.69, 9.17) is 4.52 Å². The molecule has 1 fully saturated rings. The van der Waals surface area contributed by atoms with Crippen LogP contribution in [0.5, 0.6) is 0 Å². The van der Waals surface area contributed by atoms with Crippen molar-refractivity contribution in [1.29, 1.82) is 0 Å². The molecule has 2 aromatic rings. The number of nitrogens with one attached hydrogen (secondary N) is 1. The van der Waals surface area contributed by atoms with E-state index in [9.17, 15) is 0 Å². The molecule has 1 aliphatic heterocycles. The van der Waals surface area contributed by atoms with Crippen molar-refractivity contribution in [1.82, 2.24) is 30.2 Å². The second-order valence-corrected chi connectivity index (χ2v) is 5.90. The maximum absolute atomic E-state index is 4.96. The van der Waals surface area contributed by atoms with Crippen LogP contribution < -0.4 is 5.32 Å². The minimum atomic E-state index is 0.461. The van der Waals surface area contributed by atoms with E-state index in [1.54, 1.807) is 18.7 Å². The Hall–Kier alpha value is -1.41. The van der Waals surface area contributed by atoms with Gasteiger partial charge in [-0.2, -0.15) is 4.98 Å². The first-order valence-electron chi connectivity index (χ1n) is 6.76. The zero-order valence-electron chi connectivity index (χ0n) is 11.7. The predicted molar refractivity (Wildman–Crippen MR) is 74.4 cm³/mol. The SMILES string of the molecule is Cc1nc(CSc2nnc([C@H]3CCCNC3)n2C)no1. The molecule has 0 bridgehead atoms. The summed E-state index contributed by atoms with van der Waals surface area (Å²) in [4.78, 5) is 4.19. The number of piperidine rings is 1. The second kappa shape index (κ2) is 5.92. The van der Waals surface area contributed by atoms with E-state index in [0.717, 1.165) is 24.1 Å². The van der Waals surface area contributed by atoms with Crippen LogP contribution in [0, 0.1) is 6.92 Å². The molecule has 8 heteroatoms. The molecule has 7 nitrogen and oxygen atoms in total. The molecule has 1 atom stereocenters. The first kappa shape index (κ1) is 13.6. The van der Waals surface area contributed by atoms with Crippen molar-refractivity contribution >= 4 is 11.8 Å². The monoisotopic (exact) mass is 294 g/mol. The van der Waals surface area contributed by atoms with Crippen LogP contribution in [0.3, 0.4) is 0 Å². The van der Waals surface area contributed by atoms with Crippen LogP contribution in [0.25, 0.3) is 0 Å². The highest BCUT2D eigenvalue weighted by Gasteiger charge is 2.21. The second-order valence-electron chi connectivity index (χ2n) is 4.96. The Balaban J connectivity index is 1.66. The van der Waals surface area contributed by atoms with E-state index in [1.165, 1.54) is 12.8 Å². The van der Waals surface area contributed by atoms with Crippen LogP contribution in [0.15, 0.2) is 9.68 Å². The molecule has 3 rings (SSSR count). The first-order valence-corrected chi connectivity index (χ1v) is 7.74. The fraction of sp³-hybridized carbons (Fsp3) is 0.667. The third-order valence-electron chi connectivity index (χ3n) is 3.43. The Morgan fingerprint density at radius 2 is 2.35 bits per heavy atom. The lowest BCUT2D eigenvalue weighted by Crippen LogP contribution is -2.29. The molecule has 3 heterocycles. The van der Waals surface area contributed by atoms with E-state index in [0.29, 0.717) is 23.4 Å². The predicted octanol–water partition coefficient (Wildman–Crippen LogP) is 1.27. The largest absolute Gasteiger partial charge is 0.340 e. The van der Waals surface area contributed by atoms with Gasteiger partial charge in [0, 0.05) is 26.4 Å². The Morgan fingerprint density at radius 1 is 1.45 bits per heavy atom. The van der Waals surface area contributed by atoms with Gasteiger partial charge >= 0.3 is 0 Å². The van der Waals surface area contributed by atoms with Crippen LogP contribution in [-0.4, -0.2) is 38.0 Å². The van der Waals surface area contributed by atoms with Crippen molar-refractivity contribution < 1.29 is 4.52 Å². The van der Waals surface area contributed by atoms with Crippen LogP contribution in [0.2, 0.25) is 0 Å². The average Bonchev–Trinajstić information content (AvgIpc) is 3.04. The molecule has 0 spiro atoms. The normalized spacial score (nSPS) is 19.4. The van der Waals surface area contributed by atoms with Gasteiger partial charge in [0.2, 0.25) is 5.89 Å². The number of rotatable bonds is 4. The van der Waals surface area contributed by atoms with Gasteiger partial charge in [-0.25, -0.2) is 0 Å². The molecule has 0 radical (unpaired) electrons. The van der Waals surface area contributed by atoms with Gasteiger partial charge in [-0.1, -0.05) is 16.9 Å². The third-order valence-corrected chi connectivity index (χ3v) is 4.45. The van der Waals surface area contributed by atoms with Crippen molar-refractivity contribution in [3.63, 3.8) is 0 Å². The average molecular weight is 294 g/mol. The summed E-state index contributed by atoms with van der Waals surface area (Å²) in [5.41, 5.74) is 0. The van der Waals surface area contributed by atoms with Gasteiger partial charge in [0.15, 0.2) is 11.0 Å². The maximum atomic E-state index is 4.96. The van der Waals surface area contributed by atoms with Crippen molar-refractivity contribution in [2.45, 2.75) is 36.6 Å². The summed E-state index contributed by atoms with van der Waals surface area (Å²) < 4.78 is 7.04. The Morgan fingerprint density at radius 3 is 3.05 bits per heavy atom. The lowest BCUT2D eigenvalue weighted by Gasteiger charge is -2.21. The number of aromatic nitrogens is 5. The first-order chi connectivity index (χ1) is 9.74. The van der Waals surface area contributed by atoms with Crippen molar-refractivity contribution in [2.24, 2.45) is 7.05 Å². The van der Waals surface area contributed by atoms with Gasteiger partial charge in [-0.3, -0.25) is 0 Å². The Kier molecular flexibility index (Phi) is 4.02. The lowest BCUT2D eigenvalue weighted by molar-refractivity contribution is 0.389. The number of hydrogen-bond donors (Lipinski definition) is 1.